The number of benzene rings is 3. The van der Waals surface area contributed by atoms with Crippen LogP contribution in [0.25, 0.3) is 0 Å². The van der Waals surface area contributed by atoms with Crippen LogP contribution in [0.1, 0.15) is 16.7 Å². The van der Waals surface area contributed by atoms with Gasteiger partial charge in [0.2, 0.25) is 0 Å². The van der Waals surface area contributed by atoms with Gasteiger partial charge in [-0.1, -0.05) is 61.7 Å². The number of halogens is 2. The van der Waals surface area contributed by atoms with Gasteiger partial charge in [-0.2, -0.15) is 0 Å². The van der Waals surface area contributed by atoms with Gasteiger partial charge in [0, 0.05) is 26.7 Å². The molecular formula is C21H19Br2NO. The summed E-state index contributed by atoms with van der Waals surface area (Å²) >= 11 is 7.00. The van der Waals surface area contributed by atoms with Gasteiger partial charge in [-0.15, -0.1) is 0 Å². The van der Waals surface area contributed by atoms with Crippen LogP contribution in [0.2, 0.25) is 0 Å². The minimum Gasteiger partial charge on any atom is -0.489 e. The van der Waals surface area contributed by atoms with Gasteiger partial charge in [0.05, 0.1) is 0 Å². The van der Waals surface area contributed by atoms with Gasteiger partial charge in [0.15, 0.2) is 0 Å². The molecule has 0 fully saturated rings. The third kappa shape index (κ3) is 5.35. The zero-order valence-corrected chi connectivity index (χ0v) is 17.1. The average Bonchev–Trinajstić information content (AvgIpc) is 2.62. The van der Waals surface area contributed by atoms with Crippen LogP contribution in [-0.2, 0) is 13.2 Å². The Hall–Kier alpha value is -1.78. The first-order valence-corrected chi connectivity index (χ1v) is 9.65. The number of nitrogens with one attached hydrogen (secondary N) is 1. The Labute approximate surface area is 165 Å². The van der Waals surface area contributed by atoms with Crippen LogP contribution in [-0.4, -0.2) is 0 Å². The van der Waals surface area contributed by atoms with E-state index >= 15 is 0 Å². The highest BCUT2D eigenvalue weighted by molar-refractivity contribution is 9.10. The molecule has 1 N–H and O–H groups in total. The Balaban J connectivity index is 1.69. The molecule has 0 saturated heterocycles. The number of ether oxygens (including phenoxy) is 1. The summed E-state index contributed by atoms with van der Waals surface area (Å²) in [6.45, 7) is 3.34. The van der Waals surface area contributed by atoms with E-state index in [9.17, 15) is 0 Å². The normalized spacial score (nSPS) is 10.5. The maximum atomic E-state index is 6.05. The minimum atomic E-state index is 0.548. The monoisotopic (exact) mass is 459 g/mol. The van der Waals surface area contributed by atoms with E-state index in [0.29, 0.717) is 13.2 Å². The number of rotatable bonds is 6. The van der Waals surface area contributed by atoms with E-state index in [-0.39, 0.29) is 0 Å². The number of hydrogen-bond donors (Lipinski definition) is 1. The van der Waals surface area contributed by atoms with E-state index in [0.717, 1.165) is 31.5 Å². The topological polar surface area (TPSA) is 21.3 Å². The summed E-state index contributed by atoms with van der Waals surface area (Å²) in [4.78, 5) is 0. The van der Waals surface area contributed by atoms with E-state index in [2.05, 4.69) is 86.6 Å². The zero-order chi connectivity index (χ0) is 17.6. The van der Waals surface area contributed by atoms with Crippen molar-refractivity contribution in [1.29, 1.82) is 0 Å². The van der Waals surface area contributed by atoms with E-state index in [4.69, 9.17) is 4.74 Å². The Bertz CT molecular complexity index is 830. The lowest BCUT2D eigenvalue weighted by Gasteiger charge is -2.14. The quantitative estimate of drug-likeness (QED) is 0.441. The molecule has 2 nitrogen and oxygen atoms in total. The molecule has 4 heteroatoms. The van der Waals surface area contributed by atoms with Crippen LogP contribution in [0.5, 0.6) is 5.75 Å². The molecule has 0 atom stereocenters. The molecule has 3 aromatic carbocycles. The smallest absolute Gasteiger partial charge is 0.124 e. The van der Waals surface area contributed by atoms with Gasteiger partial charge in [-0.25, -0.2) is 0 Å². The summed E-state index contributed by atoms with van der Waals surface area (Å²) in [5.74, 6) is 0.894. The maximum Gasteiger partial charge on any atom is 0.124 e. The van der Waals surface area contributed by atoms with Crippen LogP contribution < -0.4 is 10.1 Å². The first kappa shape index (κ1) is 18.0. The van der Waals surface area contributed by atoms with E-state index in [1.807, 2.05) is 24.3 Å². The van der Waals surface area contributed by atoms with Gasteiger partial charge in [-0.3, -0.25) is 0 Å². The predicted octanol–water partition coefficient (Wildman–Crippen LogP) is 6.71. The molecule has 25 heavy (non-hydrogen) atoms. The minimum absolute atomic E-state index is 0.548. The van der Waals surface area contributed by atoms with Crippen molar-refractivity contribution in [2.45, 2.75) is 20.1 Å². The second-order valence-corrected chi connectivity index (χ2v) is 7.72. The maximum absolute atomic E-state index is 6.05. The fourth-order valence-corrected chi connectivity index (χ4v) is 3.11. The van der Waals surface area contributed by atoms with Crippen molar-refractivity contribution in [2.75, 3.05) is 5.32 Å². The second-order valence-electron chi connectivity index (χ2n) is 5.89. The Morgan fingerprint density at radius 3 is 2.24 bits per heavy atom. The largest absolute Gasteiger partial charge is 0.489 e. The summed E-state index contributed by atoms with van der Waals surface area (Å²) in [7, 11) is 0. The molecule has 0 aliphatic carbocycles. The van der Waals surface area contributed by atoms with Crippen molar-refractivity contribution >= 4 is 37.5 Å². The van der Waals surface area contributed by atoms with Crippen molar-refractivity contribution in [1.82, 2.24) is 0 Å². The van der Waals surface area contributed by atoms with Crippen LogP contribution in [0.4, 0.5) is 5.69 Å². The molecule has 0 unspecified atom stereocenters. The fraction of sp³-hybridized carbons (Fsp3) is 0.143. The summed E-state index contributed by atoms with van der Waals surface area (Å²) in [6, 6.07) is 22.7. The number of aryl methyl sites for hydroxylation is 1. The SMILES string of the molecule is Cc1ccc(NCc2cc(Br)ccc2OCc2ccc(Br)cc2)cc1. The van der Waals surface area contributed by atoms with Crippen molar-refractivity contribution in [3.8, 4) is 5.75 Å². The summed E-state index contributed by atoms with van der Waals surface area (Å²) in [5.41, 5.74) is 4.62. The summed E-state index contributed by atoms with van der Waals surface area (Å²) in [5, 5.41) is 3.45. The zero-order valence-electron chi connectivity index (χ0n) is 13.9. The molecule has 0 amide bonds. The molecule has 0 aliphatic heterocycles. The highest BCUT2D eigenvalue weighted by atomic mass is 79.9. The first-order chi connectivity index (χ1) is 12.1. The lowest BCUT2D eigenvalue weighted by molar-refractivity contribution is 0.303. The molecular weight excluding hydrogens is 442 g/mol. The molecule has 0 aliphatic rings. The van der Waals surface area contributed by atoms with Crippen LogP contribution in [0.3, 0.4) is 0 Å². The molecule has 128 valence electrons. The Kier molecular flexibility index (Phi) is 6.16. The highest BCUT2D eigenvalue weighted by Crippen LogP contribution is 2.25. The molecule has 3 aromatic rings. The molecule has 0 heterocycles. The lowest BCUT2D eigenvalue weighted by atomic mass is 10.2. The van der Waals surface area contributed by atoms with Crippen LogP contribution in [0, 0.1) is 6.92 Å². The number of hydrogen-bond acceptors (Lipinski definition) is 2. The number of anilines is 1. The van der Waals surface area contributed by atoms with Gasteiger partial charge in [-0.05, 0) is 55.0 Å². The van der Waals surface area contributed by atoms with Crippen molar-refractivity contribution < 1.29 is 4.74 Å². The van der Waals surface area contributed by atoms with Gasteiger partial charge < -0.3 is 10.1 Å². The third-order valence-corrected chi connectivity index (χ3v) is 4.89. The fourth-order valence-electron chi connectivity index (χ4n) is 2.44. The average molecular weight is 461 g/mol. The lowest BCUT2D eigenvalue weighted by Crippen LogP contribution is -2.04. The Morgan fingerprint density at radius 2 is 1.52 bits per heavy atom. The first-order valence-electron chi connectivity index (χ1n) is 8.06. The van der Waals surface area contributed by atoms with Crippen molar-refractivity contribution in [3.05, 3.63) is 92.4 Å². The summed E-state index contributed by atoms with van der Waals surface area (Å²) < 4.78 is 8.17. The van der Waals surface area contributed by atoms with Gasteiger partial charge >= 0.3 is 0 Å². The van der Waals surface area contributed by atoms with Gasteiger partial charge in [0.1, 0.15) is 12.4 Å². The molecule has 0 saturated carbocycles. The van der Waals surface area contributed by atoms with Crippen molar-refractivity contribution in [2.24, 2.45) is 0 Å². The standard InChI is InChI=1S/C21H19Br2NO/c1-15-2-9-20(10-3-15)24-13-17-12-19(23)8-11-21(17)25-14-16-4-6-18(22)7-5-16/h2-12,24H,13-14H2,1H3. The van der Waals surface area contributed by atoms with E-state index in [1.165, 1.54) is 5.56 Å². The summed E-state index contributed by atoms with van der Waals surface area (Å²) in [6.07, 6.45) is 0. The van der Waals surface area contributed by atoms with Crippen molar-refractivity contribution in [3.63, 3.8) is 0 Å². The molecule has 0 aromatic heterocycles. The van der Waals surface area contributed by atoms with Crippen LogP contribution in [0.15, 0.2) is 75.7 Å². The van der Waals surface area contributed by atoms with Crippen LogP contribution >= 0.6 is 31.9 Å². The predicted molar refractivity (Wildman–Crippen MR) is 111 cm³/mol. The second kappa shape index (κ2) is 8.54. The molecule has 0 radical (unpaired) electrons. The third-order valence-electron chi connectivity index (χ3n) is 3.86. The van der Waals surface area contributed by atoms with E-state index < -0.39 is 0 Å². The molecule has 0 spiro atoms. The highest BCUT2D eigenvalue weighted by Gasteiger charge is 2.06. The Morgan fingerprint density at radius 1 is 0.840 bits per heavy atom. The van der Waals surface area contributed by atoms with Gasteiger partial charge in [0.25, 0.3) is 0 Å². The molecule has 0 bridgehead atoms. The molecule has 3 rings (SSSR count). The van der Waals surface area contributed by atoms with E-state index in [1.54, 1.807) is 0 Å².